The van der Waals surface area contributed by atoms with Crippen LogP contribution in [0.3, 0.4) is 0 Å². The maximum atomic E-state index is 5.16. The van der Waals surface area contributed by atoms with Crippen LogP contribution in [0.4, 0.5) is 0 Å². The van der Waals surface area contributed by atoms with Crippen LogP contribution in [0, 0.1) is 0 Å². The van der Waals surface area contributed by atoms with E-state index in [1.807, 2.05) is 0 Å². The van der Waals surface area contributed by atoms with E-state index in [0.717, 1.165) is 0 Å². The molecule has 0 amide bonds. The number of thiol groups is 1. The lowest BCUT2D eigenvalue weighted by Crippen LogP contribution is -1.56. The van der Waals surface area contributed by atoms with Crippen molar-refractivity contribution >= 4 is 35.8 Å². The highest BCUT2D eigenvalue weighted by atomic mass is 35.5. The molecule has 0 atom stereocenters. The summed E-state index contributed by atoms with van der Waals surface area (Å²) in [6, 6.07) is 0. The van der Waals surface area contributed by atoms with Crippen LogP contribution >= 0.6 is 35.8 Å². The second-order valence-corrected chi connectivity index (χ2v) is 2.05. The minimum atomic E-state index is 0.282. The smallest absolute Gasteiger partial charge is 0.103 e. The summed E-state index contributed by atoms with van der Waals surface area (Å²) in [5, 5.41) is 0. The summed E-state index contributed by atoms with van der Waals surface area (Å²) < 4.78 is 0.282. The third-order valence-corrected chi connectivity index (χ3v) is 0.737. The molecule has 0 N–H and O–H groups in total. The summed E-state index contributed by atoms with van der Waals surface area (Å²) in [7, 11) is 0. The first-order valence-corrected chi connectivity index (χ1v) is 2.78. The van der Waals surface area contributed by atoms with E-state index in [9.17, 15) is 0 Å². The van der Waals surface area contributed by atoms with Crippen LogP contribution in [0.2, 0.25) is 0 Å². The first-order chi connectivity index (χ1) is 2.77. The lowest BCUT2D eigenvalue weighted by Gasteiger charge is -1.73. The van der Waals surface area contributed by atoms with Crippen LogP contribution in [0.15, 0.2) is 10.6 Å². The van der Waals surface area contributed by atoms with Gasteiger partial charge in [0.05, 0.1) is 0 Å². The van der Waals surface area contributed by atoms with E-state index in [4.69, 9.17) is 23.2 Å². The van der Waals surface area contributed by atoms with E-state index >= 15 is 0 Å². The molecule has 0 spiro atoms. The highest BCUT2D eigenvalue weighted by molar-refractivity contribution is 7.80. The largest absolute Gasteiger partial charge is 0.175 e. The third kappa shape index (κ3) is 4.67. The molecule has 0 saturated heterocycles. The van der Waals surface area contributed by atoms with E-state index < -0.39 is 0 Å². The first kappa shape index (κ1) is 6.67. The van der Waals surface area contributed by atoms with Crippen molar-refractivity contribution in [2.24, 2.45) is 0 Å². The molecule has 0 aliphatic heterocycles. The van der Waals surface area contributed by atoms with Crippen molar-refractivity contribution in [1.29, 1.82) is 0 Å². The Morgan fingerprint density at radius 2 is 2.17 bits per heavy atom. The van der Waals surface area contributed by atoms with Crippen molar-refractivity contribution in [1.82, 2.24) is 0 Å². The van der Waals surface area contributed by atoms with Crippen LogP contribution in [-0.4, -0.2) is 5.75 Å². The molecule has 0 heterocycles. The van der Waals surface area contributed by atoms with Gasteiger partial charge in [0.25, 0.3) is 0 Å². The number of hydrogen-bond donors (Lipinski definition) is 1. The average Bonchev–Trinajstić information content (AvgIpc) is 1.35. The molecule has 0 aliphatic carbocycles. The Kier molecular flexibility index (Phi) is 4.28. The Morgan fingerprint density at radius 3 is 2.17 bits per heavy atom. The number of hydrogen-bond acceptors (Lipinski definition) is 1. The van der Waals surface area contributed by atoms with Crippen molar-refractivity contribution < 1.29 is 0 Å². The van der Waals surface area contributed by atoms with Gasteiger partial charge in [0.1, 0.15) is 4.49 Å². The standard InChI is InChI=1S/C3H4Cl2S/c4-3(5)1-2-6/h1,6H,2H2. The molecule has 0 bridgehead atoms. The van der Waals surface area contributed by atoms with Crippen molar-refractivity contribution in [3.8, 4) is 0 Å². The Hall–Kier alpha value is 0.670. The quantitative estimate of drug-likeness (QED) is 0.534. The van der Waals surface area contributed by atoms with Crippen LogP contribution in [0.5, 0.6) is 0 Å². The van der Waals surface area contributed by atoms with Gasteiger partial charge in [0, 0.05) is 5.75 Å². The topological polar surface area (TPSA) is 0 Å². The fourth-order valence-corrected chi connectivity index (χ4v) is 0.621. The highest BCUT2D eigenvalue weighted by Gasteiger charge is 1.74. The zero-order valence-electron chi connectivity index (χ0n) is 2.99. The zero-order chi connectivity index (χ0) is 4.99. The van der Waals surface area contributed by atoms with Gasteiger partial charge in [-0.15, -0.1) is 0 Å². The van der Waals surface area contributed by atoms with Crippen molar-refractivity contribution in [2.75, 3.05) is 5.75 Å². The molecule has 0 rings (SSSR count). The summed E-state index contributed by atoms with van der Waals surface area (Å²) in [6.45, 7) is 0. The van der Waals surface area contributed by atoms with Gasteiger partial charge in [-0.25, -0.2) is 0 Å². The summed E-state index contributed by atoms with van der Waals surface area (Å²) in [6.07, 6.45) is 1.60. The second-order valence-electron chi connectivity index (χ2n) is 0.676. The molecule has 6 heavy (non-hydrogen) atoms. The van der Waals surface area contributed by atoms with Gasteiger partial charge in [-0.1, -0.05) is 23.2 Å². The fourth-order valence-electron chi connectivity index (χ4n) is 0.0690. The first-order valence-electron chi connectivity index (χ1n) is 1.39. The van der Waals surface area contributed by atoms with Crippen molar-refractivity contribution in [3.63, 3.8) is 0 Å². The van der Waals surface area contributed by atoms with Gasteiger partial charge in [-0.3, -0.25) is 0 Å². The van der Waals surface area contributed by atoms with Crippen LogP contribution in [0.1, 0.15) is 0 Å². The highest BCUT2D eigenvalue weighted by Crippen LogP contribution is 2.04. The van der Waals surface area contributed by atoms with Gasteiger partial charge in [0.2, 0.25) is 0 Å². The summed E-state index contributed by atoms with van der Waals surface area (Å²) in [5.41, 5.74) is 0. The predicted molar refractivity (Wildman–Crippen MR) is 33.6 cm³/mol. The molecular weight excluding hydrogens is 139 g/mol. The van der Waals surface area contributed by atoms with Gasteiger partial charge < -0.3 is 0 Å². The Labute approximate surface area is 52.5 Å². The van der Waals surface area contributed by atoms with Crippen LogP contribution in [-0.2, 0) is 0 Å². The van der Waals surface area contributed by atoms with Crippen molar-refractivity contribution in [2.45, 2.75) is 0 Å². The molecule has 0 aromatic heterocycles. The normalized spacial score (nSPS) is 7.83. The Balaban J connectivity index is 3.14. The molecule has 36 valence electrons. The van der Waals surface area contributed by atoms with E-state index in [-0.39, 0.29) is 4.49 Å². The van der Waals surface area contributed by atoms with Crippen molar-refractivity contribution in [3.05, 3.63) is 10.6 Å². The van der Waals surface area contributed by atoms with E-state index in [2.05, 4.69) is 12.6 Å². The molecule has 3 heteroatoms. The second kappa shape index (κ2) is 3.85. The molecule has 0 nitrogen and oxygen atoms in total. The molecule has 0 saturated carbocycles. The Bertz CT molecular complexity index is 55.8. The summed E-state index contributed by atoms with van der Waals surface area (Å²) in [4.78, 5) is 0. The monoisotopic (exact) mass is 142 g/mol. The summed E-state index contributed by atoms with van der Waals surface area (Å²) >= 11 is 14.1. The molecule has 0 aliphatic rings. The minimum Gasteiger partial charge on any atom is -0.175 e. The average molecular weight is 143 g/mol. The number of halogens is 2. The van der Waals surface area contributed by atoms with Crippen LogP contribution in [0.25, 0.3) is 0 Å². The van der Waals surface area contributed by atoms with E-state index in [1.165, 1.54) is 0 Å². The predicted octanol–water partition coefficient (Wildman–Crippen LogP) is 2.24. The maximum Gasteiger partial charge on any atom is 0.103 e. The fraction of sp³-hybridized carbons (Fsp3) is 0.333. The molecule has 0 unspecified atom stereocenters. The van der Waals surface area contributed by atoms with Gasteiger partial charge in [0.15, 0.2) is 0 Å². The molecule has 0 fully saturated rings. The molecular formula is C3H4Cl2S. The number of rotatable bonds is 1. The molecule has 0 radical (unpaired) electrons. The lowest BCUT2D eigenvalue weighted by molar-refractivity contribution is 1.81. The van der Waals surface area contributed by atoms with Gasteiger partial charge in [-0.2, -0.15) is 12.6 Å². The SMILES string of the molecule is SCC=C(Cl)Cl. The lowest BCUT2D eigenvalue weighted by atomic mass is 10.8. The summed E-state index contributed by atoms with van der Waals surface area (Å²) in [5.74, 6) is 0.600. The Morgan fingerprint density at radius 1 is 1.67 bits per heavy atom. The minimum absolute atomic E-state index is 0.282. The molecule has 0 aromatic carbocycles. The van der Waals surface area contributed by atoms with E-state index in [1.54, 1.807) is 6.08 Å². The van der Waals surface area contributed by atoms with Gasteiger partial charge in [-0.05, 0) is 6.08 Å². The third-order valence-electron chi connectivity index (χ3n) is 0.246. The molecule has 0 aromatic rings. The van der Waals surface area contributed by atoms with E-state index in [0.29, 0.717) is 5.75 Å². The zero-order valence-corrected chi connectivity index (χ0v) is 5.39. The maximum absolute atomic E-state index is 5.16. The van der Waals surface area contributed by atoms with Crippen LogP contribution < -0.4 is 0 Å². The van der Waals surface area contributed by atoms with Gasteiger partial charge >= 0.3 is 0 Å².